The minimum Gasteiger partial charge on any atom is -0.506 e. The Balaban J connectivity index is 2.52. The summed E-state index contributed by atoms with van der Waals surface area (Å²) < 4.78 is 5.34. The van der Waals surface area contributed by atoms with E-state index in [0.29, 0.717) is 0 Å². The molecule has 7 N–H and O–H groups in total. The van der Waals surface area contributed by atoms with Gasteiger partial charge in [-0.25, -0.2) is 9.59 Å². The Hall–Kier alpha value is -3.42. The molecule has 22 heavy (non-hydrogen) atoms. The van der Waals surface area contributed by atoms with E-state index in [4.69, 9.17) is 26.4 Å². The van der Waals surface area contributed by atoms with Crippen molar-refractivity contribution in [1.29, 1.82) is 0 Å². The number of aromatic hydroxyl groups is 1. The Bertz CT molecular complexity index is 772. The van der Waals surface area contributed by atoms with Crippen LogP contribution in [0.3, 0.4) is 0 Å². The molecule has 0 heterocycles. The maximum Gasteiger partial charge on any atom is 0.339 e. The van der Waals surface area contributed by atoms with E-state index in [1.807, 2.05) is 0 Å². The summed E-state index contributed by atoms with van der Waals surface area (Å²) in [4.78, 5) is 22.1. The number of ether oxygens (including phenoxy) is 1. The Kier molecular flexibility index (Phi) is 3.76. The first kappa shape index (κ1) is 15.0. The van der Waals surface area contributed by atoms with Gasteiger partial charge in [0, 0.05) is 6.07 Å². The molecule has 0 saturated heterocycles. The summed E-state index contributed by atoms with van der Waals surface area (Å²) in [6, 6.07) is 5.66. The molecule has 8 heteroatoms. The van der Waals surface area contributed by atoms with Crippen molar-refractivity contribution in [1.82, 2.24) is 0 Å². The number of carboxylic acid groups (broad SMARTS) is 2. The van der Waals surface area contributed by atoms with Crippen molar-refractivity contribution >= 4 is 23.3 Å². The first-order valence-electron chi connectivity index (χ1n) is 5.96. The highest BCUT2D eigenvalue weighted by molar-refractivity contribution is 5.94. The highest BCUT2D eigenvalue weighted by Gasteiger charge is 2.17. The van der Waals surface area contributed by atoms with Gasteiger partial charge in [0.05, 0.1) is 16.9 Å². The maximum atomic E-state index is 11.2. The second-order valence-electron chi connectivity index (χ2n) is 4.37. The number of anilines is 2. The van der Waals surface area contributed by atoms with Gasteiger partial charge in [-0.15, -0.1) is 0 Å². The van der Waals surface area contributed by atoms with Gasteiger partial charge in [-0.2, -0.15) is 0 Å². The molecule has 0 aliphatic heterocycles. The lowest BCUT2D eigenvalue weighted by molar-refractivity contribution is 0.0678. The second-order valence-corrected chi connectivity index (χ2v) is 4.37. The predicted molar refractivity (Wildman–Crippen MR) is 77.4 cm³/mol. The molecule has 114 valence electrons. The lowest BCUT2D eigenvalue weighted by Gasteiger charge is -2.12. The molecule has 2 aromatic carbocycles. The molecule has 8 nitrogen and oxygen atoms in total. The lowest BCUT2D eigenvalue weighted by atomic mass is 10.1. The minimum absolute atomic E-state index is 0.0302. The van der Waals surface area contributed by atoms with E-state index in [-0.39, 0.29) is 39.8 Å². The molecular formula is C14H12N2O6. The number of carbonyl (C=O) groups is 2. The van der Waals surface area contributed by atoms with Gasteiger partial charge in [-0.1, -0.05) is 0 Å². The zero-order valence-corrected chi connectivity index (χ0v) is 11.1. The van der Waals surface area contributed by atoms with Crippen LogP contribution in [-0.4, -0.2) is 27.3 Å². The third kappa shape index (κ3) is 2.85. The van der Waals surface area contributed by atoms with Crippen molar-refractivity contribution in [3.63, 3.8) is 0 Å². The summed E-state index contributed by atoms with van der Waals surface area (Å²) in [6.07, 6.45) is 0. The van der Waals surface area contributed by atoms with Crippen molar-refractivity contribution in [3.05, 3.63) is 41.5 Å². The first-order chi connectivity index (χ1) is 10.3. The number of rotatable bonds is 4. The van der Waals surface area contributed by atoms with E-state index in [1.54, 1.807) is 0 Å². The zero-order chi connectivity index (χ0) is 16.4. The monoisotopic (exact) mass is 304 g/mol. The van der Waals surface area contributed by atoms with E-state index in [9.17, 15) is 14.7 Å². The van der Waals surface area contributed by atoms with Gasteiger partial charge in [0.2, 0.25) is 0 Å². The van der Waals surface area contributed by atoms with Crippen LogP contribution in [0.15, 0.2) is 30.3 Å². The molecule has 2 aromatic rings. The number of phenols is 1. The molecule has 0 aliphatic carbocycles. The van der Waals surface area contributed by atoms with Crippen molar-refractivity contribution in [2.75, 3.05) is 11.5 Å². The number of hydrogen-bond donors (Lipinski definition) is 5. The third-order valence-electron chi connectivity index (χ3n) is 2.84. The van der Waals surface area contributed by atoms with E-state index in [0.717, 1.165) is 24.3 Å². The molecule has 0 amide bonds. The summed E-state index contributed by atoms with van der Waals surface area (Å²) >= 11 is 0. The second kappa shape index (κ2) is 5.52. The largest absolute Gasteiger partial charge is 0.506 e. The number of nitrogen functional groups attached to an aromatic ring is 2. The Morgan fingerprint density at radius 3 is 2.18 bits per heavy atom. The van der Waals surface area contributed by atoms with Crippen LogP contribution in [0, 0.1) is 0 Å². The Labute approximate surface area is 124 Å². The number of nitrogens with two attached hydrogens (primary N) is 2. The van der Waals surface area contributed by atoms with Gasteiger partial charge in [-0.05, 0) is 24.3 Å². The third-order valence-corrected chi connectivity index (χ3v) is 2.84. The fourth-order valence-corrected chi connectivity index (χ4v) is 1.73. The van der Waals surface area contributed by atoms with Crippen molar-refractivity contribution in [3.8, 4) is 17.2 Å². The number of carboxylic acids is 2. The van der Waals surface area contributed by atoms with Crippen LogP contribution < -0.4 is 16.2 Å². The highest BCUT2D eigenvalue weighted by atomic mass is 16.5. The summed E-state index contributed by atoms with van der Waals surface area (Å²) in [5, 5.41) is 27.6. The van der Waals surface area contributed by atoms with Crippen LogP contribution in [0.4, 0.5) is 11.4 Å². The summed E-state index contributed by atoms with van der Waals surface area (Å²) in [5.74, 6) is -3.10. The Morgan fingerprint density at radius 2 is 1.59 bits per heavy atom. The minimum atomic E-state index is -1.30. The van der Waals surface area contributed by atoms with Gasteiger partial charge >= 0.3 is 11.9 Å². The fraction of sp³-hybridized carbons (Fsp3) is 0. The first-order valence-corrected chi connectivity index (χ1v) is 5.96. The average Bonchev–Trinajstić information content (AvgIpc) is 2.44. The molecule has 0 aromatic heterocycles. The highest BCUT2D eigenvalue weighted by Crippen LogP contribution is 2.36. The van der Waals surface area contributed by atoms with E-state index in [2.05, 4.69) is 0 Å². The molecule has 0 unspecified atom stereocenters. The van der Waals surface area contributed by atoms with Crippen molar-refractivity contribution < 1.29 is 29.6 Å². The van der Waals surface area contributed by atoms with Crippen LogP contribution in [-0.2, 0) is 0 Å². The van der Waals surface area contributed by atoms with Gasteiger partial charge in [0.1, 0.15) is 17.1 Å². The fourth-order valence-electron chi connectivity index (χ4n) is 1.73. The topological polar surface area (TPSA) is 156 Å². The normalized spacial score (nSPS) is 10.2. The van der Waals surface area contributed by atoms with Gasteiger partial charge in [0.15, 0.2) is 5.75 Å². The molecule has 0 aliphatic rings. The van der Waals surface area contributed by atoms with Gasteiger partial charge < -0.3 is 31.5 Å². The van der Waals surface area contributed by atoms with Crippen LogP contribution in [0.1, 0.15) is 20.7 Å². The lowest BCUT2D eigenvalue weighted by Crippen LogP contribution is -2.04. The molecular weight excluding hydrogens is 292 g/mol. The van der Waals surface area contributed by atoms with E-state index < -0.39 is 11.9 Å². The van der Waals surface area contributed by atoms with E-state index in [1.165, 1.54) is 6.07 Å². The number of phenolic OH excluding ortho intramolecular Hbond substituents is 1. The zero-order valence-electron chi connectivity index (χ0n) is 11.1. The van der Waals surface area contributed by atoms with Crippen LogP contribution in [0.25, 0.3) is 0 Å². The molecule has 0 radical (unpaired) electrons. The molecule has 0 atom stereocenters. The smallest absolute Gasteiger partial charge is 0.339 e. The van der Waals surface area contributed by atoms with Crippen LogP contribution in [0.5, 0.6) is 17.2 Å². The number of hydrogen-bond acceptors (Lipinski definition) is 6. The SMILES string of the molecule is Nc1cc(N)c(Oc2cc(C(=O)O)ccc2C(=O)O)cc1O. The molecule has 0 spiro atoms. The van der Waals surface area contributed by atoms with Crippen molar-refractivity contribution in [2.45, 2.75) is 0 Å². The Morgan fingerprint density at radius 1 is 0.909 bits per heavy atom. The van der Waals surface area contributed by atoms with Gasteiger partial charge in [0.25, 0.3) is 0 Å². The van der Waals surface area contributed by atoms with Crippen molar-refractivity contribution in [2.24, 2.45) is 0 Å². The summed E-state index contributed by atoms with van der Waals surface area (Å²) in [7, 11) is 0. The molecule has 2 rings (SSSR count). The standard InChI is InChI=1S/C14H12N2O6/c15-8-4-9(16)12(5-10(8)17)22-11-3-6(13(18)19)1-2-7(11)14(20)21/h1-5,17H,15-16H2,(H,18,19)(H,20,21). The summed E-state index contributed by atoms with van der Waals surface area (Å²) in [5.41, 5.74) is 10.8. The molecule has 0 saturated carbocycles. The summed E-state index contributed by atoms with van der Waals surface area (Å²) in [6.45, 7) is 0. The average molecular weight is 304 g/mol. The van der Waals surface area contributed by atoms with Gasteiger partial charge in [-0.3, -0.25) is 0 Å². The number of aromatic carboxylic acids is 2. The van der Waals surface area contributed by atoms with Crippen LogP contribution >= 0.6 is 0 Å². The molecule has 0 bridgehead atoms. The molecule has 0 fully saturated rings. The maximum absolute atomic E-state index is 11.2. The quantitative estimate of drug-likeness (QED) is 0.325. The predicted octanol–water partition coefficient (Wildman–Crippen LogP) is 1.75. The van der Waals surface area contributed by atoms with Crippen LogP contribution in [0.2, 0.25) is 0 Å². The number of benzene rings is 2. The van der Waals surface area contributed by atoms with E-state index >= 15 is 0 Å².